The zero-order valence-electron chi connectivity index (χ0n) is 10.6. The summed E-state index contributed by atoms with van der Waals surface area (Å²) in [4.78, 5) is 0. The minimum Gasteiger partial charge on any atom is -0.493 e. The third kappa shape index (κ3) is 2.43. The Morgan fingerprint density at radius 2 is 1.80 bits per heavy atom. The van der Waals surface area contributed by atoms with E-state index in [4.69, 9.17) is 4.74 Å². The molecule has 0 unspecified atom stereocenters. The van der Waals surface area contributed by atoms with E-state index in [9.17, 15) is 13.2 Å². The van der Waals surface area contributed by atoms with Gasteiger partial charge in [-0.2, -0.15) is 0 Å². The molecule has 3 rings (SSSR count). The molecule has 1 aliphatic rings. The van der Waals surface area contributed by atoms with Crippen molar-refractivity contribution in [2.75, 3.05) is 11.9 Å². The number of ether oxygens (including phenoxy) is 1. The molecule has 2 aromatic carbocycles. The van der Waals surface area contributed by atoms with Gasteiger partial charge in [-0.1, -0.05) is 12.1 Å². The van der Waals surface area contributed by atoms with Crippen LogP contribution in [-0.2, 0) is 13.0 Å². The third-order valence-electron chi connectivity index (χ3n) is 3.23. The van der Waals surface area contributed by atoms with Crippen LogP contribution in [0.5, 0.6) is 5.75 Å². The molecule has 0 aliphatic carbocycles. The normalized spacial score (nSPS) is 12.9. The highest BCUT2D eigenvalue weighted by Gasteiger charge is 2.13. The zero-order chi connectivity index (χ0) is 14.1. The van der Waals surface area contributed by atoms with Crippen LogP contribution in [0, 0.1) is 17.5 Å². The third-order valence-corrected chi connectivity index (χ3v) is 3.23. The molecule has 1 N–H and O–H groups in total. The summed E-state index contributed by atoms with van der Waals surface area (Å²) in [6.07, 6.45) is 0.864. The Labute approximate surface area is 114 Å². The van der Waals surface area contributed by atoms with Crippen LogP contribution in [-0.4, -0.2) is 6.61 Å². The van der Waals surface area contributed by atoms with Crippen LogP contribution in [0.1, 0.15) is 11.1 Å². The van der Waals surface area contributed by atoms with Gasteiger partial charge in [-0.05, 0) is 17.2 Å². The van der Waals surface area contributed by atoms with Crippen LogP contribution in [0.4, 0.5) is 18.9 Å². The summed E-state index contributed by atoms with van der Waals surface area (Å²) in [6, 6.07) is 7.63. The van der Waals surface area contributed by atoms with Crippen molar-refractivity contribution >= 4 is 5.69 Å². The molecule has 2 nitrogen and oxygen atoms in total. The average Bonchev–Trinajstić information content (AvgIpc) is 2.89. The molecular formula is C15H12F3NO. The smallest absolute Gasteiger partial charge is 0.194 e. The lowest BCUT2D eigenvalue weighted by Gasteiger charge is -2.08. The van der Waals surface area contributed by atoms with E-state index in [2.05, 4.69) is 5.32 Å². The van der Waals surface area contributed by atoms with Crippen LogP contribution < -0.4 is 10.1 Å². The molecule has 5 heteroatoms. The molecule has 0 aromatic heterocycles. The first-order valence-electron chi connectivity index (χ1n) is 6.26. The Balaban J connectivity index is 1.73. The molecule has 0 saturated carbocycles. The summed E-state index contributed by atoms with van der Waals surface area (Å²) < 4.78 is 44.4. The maximum Gasteiger partial charge on any atom is 0.194 e. The second-order valence-corrected chi connectivity index (χ2v) is 4.65. The van der Waals surface area contributed by atoms with Crippen LogP contribution in [0.3, 0.4) is 0 Å². The SMILES string of the molecule is Fc1cc(NCc2ccc3c(c2)CCO3)cc(F)c1F. The molecule has 20 heavy (non-hydrogen) atoms. The van der Waals surface area contributed by atoms with E-state index < -0.39 is 17.5 Å². The zero-order valence-corrected chi connectivity index (χ0v) is 10.6. The number of benzene rings is 2. The van der Waals surface area contributed by atoms with Crippen molar-refractivity contribution in [3.8, 4) is 5.75 Å². The van der Waals surface area contributed by atoms with Crippen molar-refractivity contribution in [1.29, 1.82) is 0 Å². The highest BCUT2D eigenvalue weighted by atomic mass is 19.2. The van der Waals surface area contributed by atoms with Gasteiger partial charge in [0.25, 0.3) is 0 Å². The second kappa shape index (κ2) is 5.07. The number of halogens is 3. The Kier molecular flexibility index (Phi) is 3.26. The number of nitrogens with one attached hydrogen (secondary N) is 1. The summed E-state index contributed by atoms with van der Waals surface area (Å²) in [6.45, 7) is 1.08. The van der Waals surface area contributed by atoms with Crippen molar-refractivity contribution in [3.63, 3.8) is 0 Å². The molecule has 0 bridgehead atoms. The van der Waals surface area contributed by atoms with E-state index in [1.807, 2.05) is 18.2 Å². The van der Waals surface area contributed by atoms with Gasteiger partial charge in [0.05, 0.1) is 6.61 Å². The van der Waals surface area contributed by atoms with Crippen LogP contribution in [0.25, 0.3) is 0 Å². The maximum absolute atomic E-state index is 13.1. The average molecular weight is 279 g/mol. The molecule has 2 aromatic rings. The second-order valence-electron chi connectivity index (χ2n) is 4.65. The van der Waals surface area contributed by atoms with Gasteiger partial charge in [-0.3, -0.25) is 0 Å². The highest BCUT2D eigenvalue weighted by Crippen LogP contribution is 2.26. The van der Waals surface area contributed by atoms with E-state index in [1.54, 1.807) is 0 Å². The highest BCUT2D eigenvalue weighted by molar-refractivity contribution is 5.46. The fourth-order valence-electron chi connectivity index (χ4n) is 2.21. The number of rotatable bonds is 3. The summed E-state index contributed by atoms with van der Waals surface area (Å²) in [5, 5.41) is 2.87. The quantitative estimate of drug-likeness (QED) is 0.866. The summed E-state index contributed by atoms with van der Waals surface area (Å²) >= 11 is 0. The van der Waals surface area contributed by atoms with Crippen molar-refractivity contribution in [1.82, 2.24) is 0 Å². The lowest BCUT2D eigenvalue weighted by molar-refractivity contribution is 0.357. The van der Waals surface area contributed by atoms with Crippen LogP contribution >= 0.6 is 0 Å². The molecular weight excluding hydrogens is 267 g/mol. The topological polar surface area (TPSA) is 21.3 Å². The first-order chi connectivity index (χ1) is 9.63. The van der Waals surface area contributed by atoms with Gasteiger partial charge < -0.3 is 10.1 Å². The first-order valence-corrected chi connectivity index (χ1v) is 6.26. The van der Waals surface area contributed by atoms with Crippen molar-refractivity contribution in [3.05, 3.63) is 58.9 Å². The Morgan fingerprint density at radius 1 is 1.05 bits per heavy atom. The van der Waals surface area contributed by atoms with Crippen molar-refractivity contribution in [2.45, 2.75) is 13.0 Å². The van der Waals surface area contributed by atoms with E-state index in [0.717, 1.165) is 35.4 Å². The van der Waals surface area contributed by atoms with Gasteiger partial charge in [-0.25, -0.2) is 13.2 Å². The summed E-state index contributed by atoms with van der Waals surface area (Å²) in [7, 11) is 0. The summed E-state index contributed by atoms with van der Waals surface area (Å²) in [5.41, 5.74) is 2.30. The molecule has 0 radical (unpaired) electrons. The Morgan fingerprint density at radius 3 is 2.55 bits per heavy atom. The minimum atomic E-state index is -1.45. The van der Waals surface area contributed by atoms with Crippen LogP contribution in [0.2, 0.25) is 0 Å². The molecule has 0 atom stereocenters. The molecule has 0 fully saturated rings. The maximum atomic E-state index is 13.1. The molecule has 0 saturated heterocycles. The number of fused-ring (bicyclic) bond motifs is 1. The van der Waals surface area contributed by atoms with E-state index in [-0.39, 0.29) is 5.69 Å². The lowest BCUT2D eigenvalue weighted by Crippen LogP contribution is -2.02. The first kappa shape index (κ1) is 12.8. The minimum absolute atomic E-state index is 0.207. The van der Waals surface area contributed by atoms with Gasteiger partial charge in [-0.15, -0.1) is 0 Å². The molecule has 0 spiro atoms. The van der Waals surface area contributed by atoms with Crippen molar-refractivity contribution in [2.24, 2.45) is 0 Å². The Bertz CT molecular complexity index is 635. The van der Waals surface area contributed by atoms with E-state index in [1.165, 1.54) is 0 Å². The van der Waals surface area contributed by atoms with Gasteiger partial charge in [0.1, 0.15) is 5.75 Å². The number of hydrogen-bond donors (Lipinski definition) is 1. The number of anilines is 1. The van der Waals surface area contributed by atoms with Gasteiger partial charge in [0, 0.05) is 30.8 Å². The largest absolute Gasteiger partial charge is 0.493 e. The molecule has 104 valence electrons. The predicted octanol–water partition coefficient (Wildman–Crippen LogP) is 3.65. The molecule has 0 amide bonds. The van der Waals surface area contributed by atoms with E-state index >= 15 is 0 Å². The van der Waals surface area contributed by atoms with Gasteiger partial charge in [0.2, 0.25) is 0 Å². The Hall–Kier alpha value is -2.17. The molecule has 1 aliphatic heterocycles. The monoisotopic (exact) mass is 279 g/mol. The number of hydrogen-bond acceptors (Lipinski definition) is 2. The standard InChI is InChI=1S/C15H12F3NO/c16-12-6-11(7-13(17)15(12)18)19-8-9-1-2-14-10(5-9)3-4-20-14/h1-2,5-7,19H,3-4,8H2. The van der Waals surface area contributed by atoms with Gasteiger partial charge >= 0.3 is 0 Å². The summed E-state index contributed by atoms with van der Waals surface area (Å²) in [5.74, 6) is -2.97. The van der Waals surface area contributed by atoms with E-state index in [0.29, 0.717) is 13.2 Å². The lowest BCUT2D eigenvalue weighted by atomic mass is 10.1. The van der Waals surface area contributed by atoms with Crippen molar-refractivity contribution < 1.29 is 17.9 Å². The van der Waals surface area contributed by atoms with Crippen LogP contribution in [0.15, 0.2) is 30.3 Å². The van der Waals surface area contributed by atoms with Gasteiger partial charge in [0.15, 0.2) is 17.5 Å². The molecule has 1 heterocycles. The fourth-order valence-corrected chi connectivity index (χ4v) is 2.21. The fraction of sp³-hybridized carbons (Fsp3) is 0.200. The predicted molar refractivity (Wildman–Crippen MR) is 69.3 cm³/mol.